The molecular weight excluding hydrogens is 322 g/mol. The van der Waals surface area contributed by atoms with Crippen LogP contribution in [0.4, 0.5) is 0 Å². The average Bonchev–Trinajstić information content (AvgIpc) is 3.03. The van der Waals surface area contributed by atoms with Gasteiger partial charge in [0.05, 0.1) is 6.04 Å². The van der Waals surface area contributed by atoms with Crippen molar-refractivity contribution in [3.8, 4) is 5.75 Å². The quantitative estimate of drug-likeness (QED) is 0.742. The molecule has 134 valence electrons. The normalized spacial score (nSPS) is 19.9. The van der Waals surface area contributed by atoms with E-state index in [1.165, 1.54) is 47.2 Å². The second-order valence-electron chi connectivity index (χ2n) is 7.31. The van der Waals surface area contributed by atoms with E-state index in [1.807, 2.05) is 0 Å². The molecule has 1 aromatic heterocycles. The van der Waals surface area contributed by atoms with E-state index in [9.17, 15) is 0 Å². The number of benzene rings is 2. The van der Waals surface area contributed by atoms with E-state index in [2.05, 4.69) is 63.7 Å². The largest absolute Gasteiger partial charge is 0.492 e. The molecule has 1 fully saturated rings. The molecule has 26 heavy (non-hydrogen) atoms. The summed E-state index contributed by atoms with van der Waals surface area (Å²) in [4.78, 5) is 6.07. The molecule has 2 aromatic carbocycles. The van der Waals surface area contributed by atoms with Gasteiger partial charge in [-0.1, -0.05) is 30.3 Å². The van der Waals surface area contributed by atoms with Crippen LogP contribution in [0.2, 0.25) is 0 Å². The summed E-state index contributed by atoms with van der Waals surface area (Å²) >= 11 is 0. The Morgan fingerprint density at radius 2 is 1.88 bits per heavy atom. The highest BCUT2D eigenvalue weighted by Gasteiger charge is 2.25. The second-order valence-corrected chi connectivity index (χ2v) is 7.31. The molecule has 0 saturated carbocycles. The number of rotatable bonds is 5. The van der Waals surface area contributed by atoms with Gasteiger partial charge in [0.1, 0.15) is 12.4 Å². The van der Waals surface area contributed by atoms with Crippen LogP contribution in [0, 0.1) is 0 Å². The van der Waals surface area contributed by atoms with Crippen molar-refractivity contribution in [1.82, 2.24) is 15.2 Å². The summed E-state index contributed by atoms with van der Waals surface area (Å²) in [6, 6.07) is 17.4. The number of H-pyrrole nitrogens is 1. The molecule has 2 N–H and O–H groups in total. The van der Waals surface area contributed by atoms with Gasteiger partial charge < -0.3 is 15.0 Å². The number of likely N-dealkylation sites (tertiary alicyclic amines) is 1. The van der Waals surface area contributed by atoms with Crippen LogP contribution in [-0.4, -0.2) is 42.7 Å². The van der Waals surface area contributed by atoms with Crippen molar-refractivity contribution in [2.24, 2.45) is 0 Å². The zero-order valence-corrected chi connectivity index (χ0v) is 15.0. The maximum Gasteiger partial charge on any atom is 0.119 e. The van der Waals surface area contributed by atoms with Crippen molar-refractivity contribution in [2.75, 3.05) is 32.8 Å². The third kappa shape index (κ3) is 2.89. The number of hydrogen-bond acceptors (Lipinski definition) is 3. The summed E-state index contributed by atoms with van der Waals surface area (Å²) in [5.74, 6) is 0.960. The maximum atomic E-state index is 5.90. The zero-order chi connectivity index (χ0) is 17.3. The topological polar surface area (TPSA) is 40.3 Å². The van der Waals surface area contributed by atoms with Crippen molar-refractivity contribution in [2.45, 2.75) is 18.9 Å². The van der Waals surface area contributed by atoms with Crippen molar-refractivity contribution in [1.29, 1.82) is 0 Å². The molecule has 0 aliphatic carbocycles. The highest BCUT2D eigenvalue weighted by molar-refractivity contribution is 5.85. The van der Waals surface area contributed by atoms with Crippen LogP contribution < -0.4 is 10.1 Å². The van der Waals surface area contributed by atoms with Crippen molar-refractivity contribution >= 4 is 10.9 Å². The molecule has 0 amide bonds. The lowest BCUT2D eigenvalue weighted by Crippen LogP contribution is -2.39. The lowest BCUT2D eigenvalue weighted by atomic mass is 9.94. The first kappa shape index (κ1) is 15.9. The fraction of sp³-hybridized carbons (Fsp3) is 0.364. The average molecular weight is 347 g/mol. The zero-order valence-electron chi connectivity index (χ0n) is 15.0. The molecule has 0 unspecified atom stereocenters. The van der Waals surface area contributed by atoms with Crippen molar-refractivity contribution in [3.63, 3.8) is 0 Å². The first-order valence-electron chi connectivity index (χ1n) is 9.66. The standard InChI is InChI=1S/C22H25N3O/c1-2-5-20-18(4-1)19-10-11-23-21(22(19)24-20)16-6-8-17(9-7-16)26-15-14-25-12-3-13-25/h1-2,4-9,21,23-24H,3,10-15H2/t21-/m0/s1. The summed E-state index contributed by atoms with van der Waals surface area (Å²) in [5, 5.41) is 5.03. The van der Waals surface area contributed by atoms with E-state index >= 15 is 0 Å². The summed E-state index contributed by atoms with van der Waals surface area (Å²) in [6.07, 6.45) is 2.41. The Labute approximate surface area is 154 Å². The molecule has 1 atom stereocenters. The van der Waals surface area contributed by atoms with Gasteiger partial charge in [-0.05, 0) is 55.3 Å². The number of para-hydroxylation sites is 1. The van der Waals surface area contributed by atoms with Crippen LogP contribution in [0.5, 0.6) is 5.75 Å². The van der Waals surface area contributed by atoms with Gasteiger partial charge >= 0.3 is 0 Å². The van der Waals surface area contributed by atoms with E-state index in [4.69, 9.17) is 4.74 Å². The van der Waals surface area contributed by atoms with Gasteiger partial charge in [-0.2, -0.15) is 0 Å². The Morgan fingerprint density at radius 1 is 1.04 bits per heavy atom. The number of fused-ring (bicyclic) bond motifs is 3. The highest BCUT2D eigenvalue weighted by atomic mass is 16.5. The van der Waals surface area contributed by atoms with Gasteiger partial charge in [-0.3, -0.25) is 4.90 Å². The van der Waals surface area contributed by atoms with E-state index in [0.29, 0.717) is 0 Å². The number of ether oxygens (including phenoxy) is 1. The number of nitrogens with zero attached hydrogens (tertiary/aromatic N) is 1. The van der Waals surface area contributed by atoms with Crippen LogP contribution in [-0.2, 0) is 6.42 Å². The minimum atomic E-state index is 0.223. The summed E-state index contributed by atoms with van der Waals surface area (Å²) in [7, 11) is 0. The molecule has 4 heteroatoms. The fourth-order valence-electron chi connectivity index (χ4n) is 4.12. The highest BCUT2D eigenvalue weighted by Crippen LogP contribution is 2.33. The molecule has 2 aliphatic rings. The Hall–Kier alpha value is -2.30. The molecule has 5 rings (SSSR count). The number of aromatic amines is 1. The predicted octanol–water partition coefficient (Wildman–Crippen LogP) is 3.49. The molecule has 0 spiro atoms. The molecule has 3 heterocycles. The van der Waals surface area contributed by atoms with Crippen LogP contribution in [0.15, 0.2) is 48.5 Å². The lowest BCUT2D eigenvalue weighted by molar-refractivity contribution is 0.147. The van der Waals surface area contributed by atoms with Crippen LogP contribution in [0.1, 0.15) is 29.3 Å². The summed E-state index contributed by atoms with van der Waals surface area (Å²) < 4.78 is 5.90. The smallest absolute Gasteiger partial charge is 0.119 e. The van der Waals surface area contributed by atoms with Gasteiger partial charge in [0, 0.05) is 29.7 Å². The Balaban J connectivity index is 1.34. The molecule has 2 aliphatic heterocycles. The van der Waals surface area contributed by atoms with E-state index in [1.54, 1.807) is 0 Å². The minimum Gasteiger partial charge on any atom is -0.492 e. The van der Waals surface area contributed by atoms with Gasteiger partial charge in [0.2, 0.25) is 0 Å². The molecule has 1 saturated heterocycles. The lowest BCUT2D eigenvalue weighted by Gasteiger charge is -2.30. The predicted molar refractivity (Wildman–Crippen MR) is 105 cm³/mol. The molecule has 0 bridgehead atoms. The fourth-order valence-corrected chi connectivity index (χ4v) is 4.12. The van der Waals surface area contributed by atoms with Gasteiger partial charge in [-0.15, -0.1) is 0 Å². The Morgan fingerprint density at radius 3 is 2.69 bits per heavy atom. The van der Waals surface area contributed by atoms with E-state index in [0.717, 1.165) is 31.9 Å². The summed E-state index contributed by atoms with van der Waals surface area (Å²) in [5.41, 5.74) is 5.29. The second kappa shape index (κ2) is 6.78. The number of nitrogens with one attached hydrogen (secondary N) is 2. The molecular formula is C22H25N3O. The summed E-state index contributed by atoms with van der Waals surface area (Å²) in [6.45, 7) is 5.26. The van der Waals surface area contributed by atoms with Gasteiger partial charge in [0.15, 0.2) is 0 Å². The minimum absolute atomic E-state index is 0.223. The van der Waals surface area contributed by atoms with Gasteiger partial charge in [0.25, 0.3) is 0 Å². The van der Waals surface area contributed by atoms with E-state index in [-0.39, 0.29) is 6.04 Å². The Bertz CT molecular complexity index is 895. The molecule has 3 aromatic rings. The van der Waals surface area contributed by atoms with Crippen molar-refractivity contribution in [3.05, 3.63) is 65.4 Å². The third-order valence-corrected chi connectivity index (χ3v) is 5.70. The Kier molecular flexibility index (Phi) is 4.15. The first-order chi connectivity index (χ1) is 12.9. The van der Waals surface area contributed by atoms with Crippen LogP contribution in [0.25, 0.3) is 10.9 Å². The maximum absolute atomic E-state index is 5.90. The number of aromatic nitrogens is 1. The number of hydrogen-bond donors (Lipinski definition) is 2. The van der Waals surface area contributed by atoms with E-state index < -0.39 is 0 Å². The SMILES string of the molecule is c1ccc2c3c([nH]c2c1)[C@H](c1ccc(OCCN2CCC2)cc1)NCC3. The molecule has 4 nitrogen and oxygen atoms in total. The third-order valence-electron chi connectivity index (χ3n) is 5.70. The monoisotopic (exact) mass is 347 g/mol. The first-order valence-corrected chi connectivity index (χ1v) is 9.66. The van der Waals surface area contributed by atoms with Gasteiger partial charge in [-0.25, -0.2) is 0 Å². The molecule has 0 radical (unpaired) electrons. The van der Waals surface area contributed by atoms with Crippen LogP contribution >= 0.6 is 0 Å². The van der Waals surface area contributed by atoms with Crippen molar-refractivity contribution < 1.29 is 4.74 Å². The van der Waals surface area contributed by atoms with Crippen LogP contribution in [0.3, 0.4) is 0 Å².